The molecule has 0 aliphatic heterocycles. The van der Waals surface area contributed by atoms with Crippen LogP contribution < -0.4 is 36.1 Å². The van der Waals surface area contributed by atoms with Crippen LogP contribution in [0.25, 0.3) is 6.08 Å². The predicted octanol–water partition coefficient (Wildman–Crippen LogP) is 5.30. The predicted molar refractivity (Wildman–Crippen MR) is 235 cm³/mol. The topological polar surface area (TPSA) is 304 Å². The number of benzene rings is 5. The quantitative estimate of drug-likeness (QED) is 0.0552. The lowest BCUT2D eigenvalue weighted by molar-refractivity contribution is -0.118. The third-order valence-electron chi connectivity index (χ3n) is 9.67. The molecule has 0 aliphatic carbocycles. The Hall–Kier alpha value is -9.27. The average molecular weight is 903 g/mol. The first-order valence-corrected chi connectivity index (χ1v) is 19.4. The van der Waals surface area contributed by atoms with Gasteiger partial charge in [0.05, 0.1) is 42.4 Å². The third kappa shape index (κ3) is 10.8. The molecule has 6 rings (SSSR count). The first-order valence-electron chi connectivity index (χ1n) is 19.4. The van der Waals surface area contributed by atoms with Crippen molar-refractivity contribution in [1.29, 1.82) is 0 Å². The van der Waals surface area contributed by atoms with Crippen molar-refractivity contribution in [2.75, 3.05) is 35.5 Å². The molecule has 1 atom stereocenters. The second kappa shape index (κ2) is 20.3. The normalized spacial score (nSPS) is 11.4. The van der Waals surface area contributed by atoms with Crippen molar-refractivity contribution in [2.24, 2.45) is 0 Å². The van der Waals surface area contributed by atoms with Crippen LogP contribution in [0.1, 0.15) is 59.6 Å². The van der Waals surface area contributed by atoms with E-state index in [0.717, 1.165) is 38.5 Å². The number of amides is 5. The van der Waals surface area contributed by atoms with Gasteiger partial charge in [0, 0.05) is 35.1 Å². The van der Waals surface area contributed by atoms with Crippen LogP contribution in [-0.2, 0) is 16.0 Å². The van der Waals surface area contributed by atoms with Crippen LogP contribution in [0, 0.1) is 5.82 Å². The van der Waals surface area contributed by atoms with Gasteiger partial charge in [-0.2, -0.15) is 0 Å². The Balaban J connectivity index is 1.10. The highest BCUT2D eigenvalue weighted by molar-refractivity contribution is 6.11. The maximum atomic E-state index is 15.5. The summed E-state index contributed by atoms with van der Waals surface area (Å²) in [5.41, 5.74) is 0.172. The molecule has 0 saturated carbocycles. The van der Waals surface area contributed by atoms with Gasteiger partial charge in [-0.15, -0.1) is 5.10 Å². The summed E-state index contributed by atoms with van der Waals surface area (Å²) in [4.78, 5) is 77.5. The summed E-state index contributed by atoms with van der Waals surface area (Å²) in [6, 6.07) is 18.6. The van der Waals surface area contributed by atoms with E-state index in [9.17, 15) is 49.2 Å². The summed E-state index contributed by atoms with van der Waals surface area (Å²) in [6.07, 6.45) is 2.92. The fourth-order valence-corrected chi connectivity index (χ4v) is 6.30. The molecule has 0 unspecified atom stereocenters. The number of ether oxygens (including phenoxy) is 2. The van der Waals surface area contributed by atoms with Crippen molar-refractivity contribution >= 4 is 64.3 Å². The number of hydrogen-bond donors (Lipinski definition) is 10. The molecule has 0 spiro atoms. The number of anilines is 4. The van der Waals surface area contributed by atoms with Crippen molar-refractivity contribution < 1.29 is 63.1 Å². The van der Waals surface area contributed by atoms with Gasteiger partial charge in [0.15, 0.2) is 23.0 Å². The number of aromatic carboxylic acids is 1. The molecule has 5 aromatic carbocycles. The number of carbonyl (C=O) groups excluding carboxylic acids is 5. The standard InChI is InChI=1S/C45H39FN8O12/c1-22(18-23-4-11-28(55)12-5-23)40(58)48-25-8-6-24(7-9-25)41(59)52-35(20-27-21-47-54-53-27)44(62)49-26-10-13-29(32(46)19-26)42(60)50-33-16-14-30(36(56)38(33)65-2)43(61)51-34-17-15-31(45(63)64)37(57)39(34)66-3/h4-19,21,35,55-57H,20H2,1-3H3,(H,48,58)(H,49,62)(H,50,60)(H,51,61)(H,52,59)(H,63,64)(H,47,53,54)/b22-18+/t35-/m0/s1. The summed E-state index contributed by atoms with van der Waals surface area (Å²) in [7, 11) is 2.27. The summed E-state index contributed by atoms with van der Waals surface area (Å²) in [5.74, 6) is -8.47. The smallest absolute Gasteiger partial charge is 0.339 e. The minimum Gasteiger partial charge on any atom is -0.508 e. The Kier molecular flexibility index (Phi) is 14.2. The number of H-pyrrole nitrogens is 1. The molecule has 5 amide bonds. The van der Waals surface area contributed by atoms with Gasteiger partial charge in [0.25, 0.3) is 23.6 Å². The van der Waals surface area contributed by atoms with Crippen molar-refractivity contribution in [3.8, 4) is 28.7 Å². The molecule has 1 heterocycles. The van der Waals surface area contributed by atoms with E-state index in [-0.39, 0.29) is 51.9 Å². The summed E-state index contributed by atoms with van der Waals surface area (Å²) < 4.78 is 25.8. The zero-order valence-electron chi connectivity index (χ0n) is 34.9. The van der Waals surface area contributed by atoms with Crippen LogP contribution >= 0.6 is 0 Å². The molecule has 6 aromatic rings. The maximum Gasteiger partial charge on any atom is 0.339 e. The Labute approximate surface area is 373 Å². The lowest BCUT2D eigenvalue weighted by Crippen LogP contribution is -2.45. The fourth-order valence-electron chi connectivity index (χ4n) is 6.30. The number of carboxylic acids is 1. The Morgan fingerprint density at radius 3 is 1.86 bits per heavy atom. The zero-order valence-corrected chi connectivity index (χ0v) is 34.9. The molecular weight excluding hydrogens is 864 g/mol. The van der Waals surface area contributed by atoms with E-state index in [2.05, 4.69) is 42.0 Å². The van der Waals surface area contributed by atoms with Gasteiger partial charge in [-0.3, -0.25) is 29.1 Å². The van der Waals surface area contributed by atoms with Gasteiger partial charge < -0.3 is 56.5 Å². The van der Waals surface area contributed by atoms with Crippen LogP contribution in [0.4, 0.5) is 27.1 Å². The molecule has 66 heavy (non-hydrogen) atoms. The van der Waals surface area contributed by atoms with Crippen LogP contribution in [0.3, 0.4) is 0 Å². The Morgan fingerprint density at radius 2 is 1.29 bits per heavy atom. The van der Waals surface area contributed by atoms with E-state index in [1.54, 1.807) is 25.1 Å². The number of aromatic nitrogens is 3. The van der Waals surface area contributed by atoms with Crippen LogP contribution in [0.2, 0.25) is 0 Å². The minimum atomic E-state index is -1.45. The van der Waals surface area contributed by atoms with E-state index in [1.807, 2.05) is 0 Å². The first kappa shape index (κ1) is 46.2. The van der Waals surface area contributed by atoms with E-state index in [0.29, 0.717) is 22.5 Å². The highest BCUT2D eigenvalue weighted by Crippen LogP contribution is 2.40. The number of rotatable bonds is 16. The van der Waals surface area contributed by atoms with Crippen molar-refractivity contribution in [3.05, 3.63) is 142 Å². The number of phenols is 3. The first-order chi connectivity index (χ1) is 31.6. The van der Waals surface area contributed by atoms with E-state index < -0.39 is 70.0 Å². The molecule has 0 radical (unpaired) electrons. The van der Waals surface area contributed by atoms with E-state index in [1.165, 1.54) is 60.8 Å². The third-order valence-corrected chi connectivity index (χ3v) is 9.67. The number of aromatic hydroxyl groups is 3. The number of aromatic amines is 1. The molecule has 10 N–H and O–H groups in total. The van der Waals surface area contributed by atoms with E-state index >= 15 is 4.39 Å². The van der Waals surface area contributed by atoms with Gasteiger partial charge in [-0.1, -0.05) is 17.3 Å². The molecule has 20 nitrogen and oxygen atoms in total. The number of carboxylic acid groups (broad SMARTS) is 1. The summed E-state index contributed by atoms with van der Waals surface area (Å²) >= 11 is 0. The van der Waals surface area contributed by atoms with E-state index in [4.69, 9.17) is 9.47 Å². The lowest BCUT2D eigenvalue weighted by Gasteiger charge is -2.18. The van der Waals surface area contributed by atoms with Gasteiger partial charge in [-0.05, 0) is 97.4 Å². The average Bonchev–Trinajstić information content (AvgIpc) is 3.80. The minimum absolute atomic E-state index is 0.0866. The molecule has 1 aromatic heterocycles. The highest BCUT2D eigenvalue weighted by atomic mass is 19.1. The number of halogens is 1. The highest BCUT2D eigenvalue weighted by Gasteiger charge is 2.26. The number of hydrogen-bond acceptors (Lipinski definition) is 13. The number of carbonyl (C=O) groups is 6. The largest absolute Gasteiger partial charge is 0.508 e. The van der Waals surface area contributed by atoms with Crippen LogP contribution in [0.5, 0.6) is 28.7 Å². The Morgan fingerprint density at radius 1 is 0.712 bits per heavy atom. The molecule has 0 fully saturated rings. The Bertz CT molecular complexity index is 2870. The summed E-state index contributed by atoms with van der Waals surface area (Å²) in [5, 5.41) is 62.7. The molecule has 338 valence electrons. The SMILES string of the molecule is COc1c(NC(=O)c2ccc(NC(=O)c3ccc(NC(=O)[C@H](Cc4c[nH]nn4)NC(=O)c4ccc(NC(=O)/C(C)=C/c5ccc(O)cc5)cc4)cc3F)c(OC)c2O)ccc(C(=O)O)c1O. The van der Waals surface area contributed by atoms with Crippen molar-refractivity contribution in [2.45, 2.75) is 19.4 Å². The van der Waals surface area contributed by atoms with Crippen molar-refractivity contribution in [1.82, 2.24) is 20.7 Å². The number of nitrogens with one attached hydrogen (secondary N) is 6. The lowest BCUT2D eigenvalue weighted by atomic mass is 10.1. The molecule has 0 saturated heterocycles. The monoisotopic (exact) mass is 902 g/mol. The molecule has 0 bridgehead atoms. The second-order valence-corrected chi connectivity index (χ2v) is 14.1. The van der Waals surface area contributed by atoms with Gasteiger partial charge in [-0.25, -0.2) is 9.18 Å². The zero-order chi connectivity index (χ0) is 47.7. The summed E-state index contributed by atoms with van der Waals surface area (Å²) in [6.45, 7) is 1.62. The fraction of sp³-hybridized carbons (Fsp3) is 0.111. The number of phenolic OH excluding ortho intramolecular Hbond substituents is 2. The van der Waals surface area contributed by atoms with Gasteiger partial charge >= 0.3 is 5.97 Å². The molecular formula is C45H39FN8O12. The molecule has 0 aliphatic rings. The van der Waals surface area contributed by atoms with Gasteiger partial charge in [0.2, 0.25) is 5.91 Å². The second-order valence-electron chi connectivity index (χ2n) is 14.1. The van der Waals surface area contributed by atoms with Gasteiger partial charge in [0.1, 0.15) is 23.2 Å². The number of methoxy groups -OCH3 is 2. The number of nitrogens with zero attached hydrogens (tertiary/aromatic N) is 2. The maximum absolute atomic E-state index is 15.5. The van der Waals surface area contributed by atoms with Crippen LogP contribution in [-0.4, -0.2) is 91.6 Å². The van der Waals surface area contributed by atoms with Crippen molar-refractivity contribution in [3.63, 3.8) is 0 Å². The molecule has 21 heteroatoms. The van der Waals surface area contributed by atoms with Crippen LogP contribution in [0.15, 0.2) is 103 Å².